The Labute approximate surface area is 208 Å². The van der Waals surface area contributed by atoms with E-state index in [0.717, 1.165) is 75.3 Å². The summed E-state index contributed by atoms with van der Waals surface area (Å²) in [5, 5.41) is 11.2. The van der Waals surface area contributed by atoms with E-state index in [1.54, 1.807) is 7.05 Å². The minimum atomic E-state index is 0. The van der Waals surface area contributed by atoms with Gasteiger partial charge in [-0.25, -0.2) is 0 Å². The summed E-state index contributed by atoms with van der Waals surface area (Å²) < 4.78 is 13.4. The third kappa shape index (κ3) is 8.95. The zero-order valence-corrected chi connectivity index (χ0v) is 21.8. The third-order valence-electron chi connectivity index (χ3n) is 5.30. The van der Waals surface area contributed by atoms with Gasteiger partial charge in [0.15, 0.2) is 5.96 Å². The van der Waals surface area contributed by atoms with Crippen molar-refractivity contribution in [3.8, 4) is 5.75 Å². The van der Waals surface area contributed by atoms with Crippen molar-refractivity contribution in [2.75, 3.05) is 53.0 Å². The molecule has 2 N–H and O–H groups in total. The Balaban J connectivity index is 0.00000363. The van der Waals surface area contributed by atoms with Crippen LogP contribution in [0, 0.1) is 13.8 Å². The SMILES string of the molecule is CN=C(NCCCn1nc(C)cc1C)NCc1cccc(OCCN2CCOCC2)c1.I. The van der Waals surface area contributed by atoms with E-state index in [0.29, 0.717) is 13.2 Å². The molecule has 0 radical (unpaired) electrons. The lowest BCUT2D eigenvalue weighted by molar-refractivity contribution is 0.0322. The molecule has 0 bridgehead atoms. The molecule has 0 spiro atoms. The summed E-state index contributed by atoms with van der Waals surface area (Å²) in [6.07, 6.45) is 0.981. The summed E-state index contributed by atoms with van der Waals surface area (Å²) in [4.78, 5) is 6.69. The van der Waals surface area contributed by atoms with Crippen molar-refractivity contribution in [1.82, 2.24) is 25.3 Å². The van der Waals surface area contributed by atoms with Gasteiger partial charge < -0.3 is 20.1 Å². The van der Waals surface area contributed by atoms with Crippen molar-refractivity contribution in [3.63, 3.8) is 0 Å². The fourth-order valence-corrected chi connectivity index (χ4v) is 3.61. The summed E-state index contributed by atoms with van der Waals surface area (Å²) >= 11 is 0. The highest BCUT2D eigenvalue weighted by Crippen LogP contribution is 2.13. The number of hydrogen-bond donors (Lipinski definition) is 2. The molecule has 8 nitrogen and oxygen atoms in total. The van der Waals surface area contributed by atoms with Gasteiger partial charge in [0.1, 0.15) is 12.4 Å². The highest BCUT2D eigenvalue weighted by Gasteiger charge is 2.10. The van der Waals surface area contributed by atoms with Crippen LogP contribution in [0.25, 0.3) is 0 Å². The molecule has 0 aliphatic carbocycles. The zero-order chi connectivity index (χ0) is 21.9. The Kier molecular flexibility index (Phi) is 11.8. The van der Waals surface area contributed by atoms with Crippen molar-refractivity contribution in [2.45, 2.75) is 33.4 Å². The minimum absolute atomic E-state index is 0. The Morgan fingerprint density at radius 2 is 1.97 bits per heavy atom. The minimum Gasteiger partial charge on any atom is -0.492 e. The summed E-state index contributed by atoms with van der Waals surface area (Å²) in [7, 11) is 1.79. The summed E-state index contributed by atoms with van der Waals surface area (Å²) in [6.45, 7) is 11.8. The second-order valence-corrected chi connectivity index (χ2v) is 7.81. The molecule has 1 aliphatic rings. The molecule has 1 fully saturated rings. The van der Waals surface area contributed by atoms with E-state index in [1.165, 1.54) is 5.69 Å². The van der Waals surface area contributed by atoms with Crippen molar-refractivity contribution in [1.29, 1.82) is 0 Å². The number of hydrogen-bond acceptors (Lipinski definition) is 5. The lowest BCUT2D eigenvalue weighted by Crippen LogP contribution is -2.38. The topological polar surface area (TPSA) is 75.9 Å². The smallest absolute Gasteiger partial charge is 0.191 e. The molecular formula is C23H37IN6O2. The van der Waals surface area contributed by atoms with Crippen LogP contribution in [0.1, 0.15) is 23.4 Å². The van der Waals surface area contributed by atoms with Gasteiger partial charge in [0.25, 0.3) is 0 Å². The second-order valence-electron chi connectivity index (χ2n) is 7.81. The van der Waals surface area contributed by atoms with E-state index in [2.05, 4.69) is 55.4 Å². The van der Waals surface area contributed by atoms with Crippen LogP contribution < -0.4 is 15.4 Å². The van der Waals surface area contributed by atoms with Crippen molar-refractivity contribution < 1.29 is 9.47 Å². The van der Waals surface area contributed by atoms with Gasteiger partial charge in [-0.3, -0.25) is 14.6 Å². The largest absolute Gasteiger partial charge is 0.492 e. The van der Waals surface area contributed by atoms with Crippen molar-refractivity contribution in [3.05, 3.63) is 47.3 Å². The van der Waals surface area contributed by atoms with Crippen LogP contribution in [-0.4, -0.2) is 73.7 Å². The van der Waals surface area contributed by atoms with Gasteiger partial charge in [0.2, 0.25) is 0 Å². The summed E-state index contributed by atoms with van der Waals surface area (Å²) in [5.74, 6) is 1.70. The van der Waals surface area contributed by atoms with Crippen LogP contribution >= 0.6 is 24.0 Å². The van der Waals surface area contributed by atoms with Gasteiger partial charge in [0, 0.05) is 52.0 Å². The first-order valence-corrected chi connectivity index (χ1v) is 11.1. The van der Waals surface area contributed by atoms with Crippen molar-refractivity contribution in [2.24, 2.45) is 4.99 Å². The number of aryl methyl sites for hydroxylation is 3. The van der Waals surface area contributed by atoms with Crippen LogP contribution in [0.2, 0.25) is 0 Å². The number of aromatic nitrogens is 2. The van der Waals surface area contributed by atoms with Gasteiger partial charge >= 0.3 is 0 Å². The van der Waals surface area contributed by atoms with E-state index < -0.39 is 0 Å². The van der Waals surface area contributed by atoms with E-state index in [1.807, 2.05) is 19.1 Å². The van der Waals surface area contributed by atoms with E-state index in [4.69, 9.17) is 9.47 Å². The maximum atomic E-state index is 5.95. The standard InChI is InChI=1S/C23H36N6O2.HI/c1-19-16-20(2)29(27-19)9-5-8-25-23(24-3)26-18-21-6-4-7-22(17-21)31-15-12-28-10-13-30-14-11-28;/h4,6-7,16-17H,5,8-15,18H2,1-3H3,(H2,24,25,26);1H. The highest BCUT2D eigenvalue weighted by atomic mass is 127. The molecule has 9 heteroatoms. The Morgan fingerprint density at radius 1 is 1.16 bits per heavy atom. The fraction of sp³-hybridized carbons (Fsp3) is 0.565. The van der Waals surface area contributed by atoms with E-state index >= 15 is 0 Å². The first kappa shape index (κ1) is 26.4. The van der Waals surface area contributed by atoms with Crippen LogP contribution in [-0.2, 0) is 17.8 Å². The predicted octanol–water partition coefficient (Wildman–Crippen LogP) is 2.58. The Hall–Kier alpha value is -1.85. The quantitative estimate of drug-likeness (QED) is 0.203. The number of nitrogens with one attached hydrogen (secondary N) is 2. The number of guanidine groups is 1. The number of aliphatic imine (C=N–C) groups is 1. The molecule has 1 aliphatic heterocycles. The highest BCUT2D eigenvalue weighted by molar-refractivity contribution is 14.0. The number of morpholine rings is 1. The van der Waals surface area contributed by atoms with Gasteiger partial charge in [0.05, 0.1) is 18.9 Å². The average Bonchev–Trinajstić information content (AvgIpc) is 3.11. The molecule has 3 rings (SSSR count). The number of nitrogens with zero attached hydrogens (tertiary/aromatic N) is 4. The molecule has 1 saturated heterocycles. The normalized spacial score (nSPS) is 14.7. The summed E-state index contributed by atoms with van der Waals surface area (Å²) in [6, 6.07) is 10.3. The molecule has 2 aromatic rings. The molecule has 178 valence electrons. The Bertz CT molecular complexity index is 836. The zero-order valence-electron chi connectivity index (χ0n) is 19.5. The average molecular weight is 556 g/mol. The van der Waals surface area contributed by atoms with Crippen LogP contribution in [0.15, 0.2) is 35.3 Å². The molecule has 0 saturated carbocycles. The van der Waals surface area contributed by atoms with Gasteiger partial charge in [-0.2, -0.15) is 5.10 Å². The van der Waals surface area contributed by atoms with Crippen LogP contribution in [0.3, 0.4) is 0 Å². The number of rotatable bonds is 10. The maximum absolute atomic E-state index is 5.95. The Morgan fingerprint density at radius 3 is 2.69 bits per heavy atom. The second kappa shape index (κ2) is 14.3. The van der Waals surface area contributed by atoms with E-state index in [9.17, 15) is 0 Å². The molecule has 32 heavy (non-hydrogen) atoms. The maximum Gasteiger partial charge on any atom is 0.191 e. The first-order valence-electron chi connectivity index (χ1n) is 11.1. The number of ether oxygens (including phenoxy) is 2. The molecular weight excluding hydrogens is 519 g/mol. The van der Waals surface area contributed by atoms with Crippen LogP contribution in [0.4, 0.5) is 0 Å². The first-order chi connectivity index (χ1) is 15.1. The molecule has 0 atom stereocenters. The number of benzene rings is 1. The van der Waals surface area contributed by atoms with Crippen LogP contribution in [0.5, 0.6) is 5.75 Å². The lowest BCUT2D eigenvalue weighted by Gasteiger charge is -2.26. The number of halogens is 1. The fourth-order valence-electron chi connectivity index (χ4n) is 3.61. The molecule has 2 heterocycles. The van der Waals surface area contributed by atoms with Gasteiger partial charge in [-0.1, -0.05) is 12.1 Å². The third-order valence-corrected chi connectivity index (χ3v) is 5.30. The monoisotopic (exact) mass is 556 g/mol. The van der Waals surface area contributed by atoms with Gasteiger partial charge in [-0.15, -0.1) is 24.0 Å². The molecule has 1 aromatic heterocycles. The summed E-state index contributed by atoms with van der Waals surface area (Å²) in [5.41, 5.74) is 3.43. The van der Waals surface area contributed by atoms with Gasteiger partial charge in [-0.05, 0) is 44.0 Å². The lowest BCUT2D eigenvalue weighted by atomic mass is 10.2. The molecule has 1 aromatic carbocycles. The van der Waals surface area contributed by atoms with Crippen molar-refractivity contribution >= 4 is 29.9 Å². The molecule has 0 amide bonds. The predicted molar refractivity (Wildman–Crippen MR) is 139 cm³/mol. The van der Waals surface area contributed by atoms with E-state index in [-0.39, 0.29) is 24.0 Å². The molecule has 0 unspecified atom stereocenters.